The van der Waals surface area contributed by atoms with Crippen molar-refractivity contribution in [3.05, 3.63) is 71.7 Å². The van der Waals surface area contributed by atoms with Crippen LogP contribution in [0.4, 0.5) is 4.39 Å². The van der Waals surface area contributed by atoms with Crippen molar-refractivity contribution < 1.29 is 18.7 Å². The van der Waals surface area contributed by atoms with Gasteiger partial charge in [-0.2, -0.15) is 0 Å². The molecule has 1 fully saturated rings. The summed E-state index contributed by atoms with van der Waals surface area (Å²) in [7, 11) is 0. The molecular formula is C22H22FN3O3. The van der Waals surface area contributed by atoms with E-state index < -0.39 is 11.9 Å². The molecule has 150 valence electrons. The number of aromatic amines is 1. The Balaban J connectivity index is 1.55. The average molecular weight is 395 g/mol. The number of morpholine rings is 1. The summed E-state index contributed by atoms with van der Waals surface area (Å²) in [5, 5.41) is 3.46. The molecule has 7 heteroatoms. The van der Waals surface area contributed by atoms with Crippen LogP contribution in [0.3, 0.4) is 0 Å². The average Bonchev–Trinajstić information content (AvgIpc) is 3.17. The molecule has 0 spiro atoms. The molecule has 29 heavy (non-hydrogen) atoms. The smallest absolute Gasteiger partial charge is 0.268 e. The number of fused-ring (bicyclic) bond motifs is 1. The summed E-state index contributed by atoms with van der Waals surface area (Å²) >= 11 is 0. The number of rotatable bonds is 5. The Labute approximate surface area is 167 Å². The van der Waals surface area contributed by atoms with Crippen LogP contribution in [0.25, 0.3) is 10.9 Å². The Morgan fingerprint density at radius 3 is 2.62 bits per heavy atom. The Hall–Kier alpha value is -3.19. The molecule has 2 aromatic carbocycles. The van der Waals surface area contributed by atoms with Gasteiger partial charge in [-0.25, -0.2) is 4.39 Å². The fraction of sp³-hybridized carbons (Fsp3) is 0.273. The maximum absolute atomic E-state index is 13.4. The maximum Gasteiger partial charge on any atom is 0.268 e. The monoisotopic (exact) mass is 395 g/mol. The first-order valence-electron chi connectivity index (χ1n) is 9.60. The normalized spacial score (nSPS) is 15.3. The van der Waals surface area contributed by atoms with Crippen LogP contribution in [-0.4, -0.2) is 54.0 Å². The highest BCUT2D eigenvalue weighted by molar-refractivity contribution is 6.00. The van der Waals surface area contributed by atoms with E-state index in [0.717, 1.165) is 5.56 Å². The molecule has 1 atom stereocenters. The molecule has 2 amide bonds. The van der Waals surface area contributed by atoms with Crippen LogP contribution in [0.1, 0.15) is 16.1 Å². The van der Waals surface area contributed by atoms with E-state index in [1.165, 1.54) is 12.1 Å². The summed E-state index contributed by atoms with van der Waals surface area (Å²) in [6, 6.07) is 14.7. The minimum atomic E-state index is -0.703. The summed E-state index contributed by atoms with van der Waals surface area (Å²) in [6.45, 7) is 1.99. The molecule has 0 saturated carbocycles. The lowest BCUT2D eigenvalue weighted by molar-refractivity contribution is -0.137. The van der Waals surface area contributed by atoms with Gasteiger partial charge >= 0.3 is 0 Å². The zero-order chi connectivity index (χ0) is 20.2. The van der Waals surface area contributed by atoms with Gasteiger partial charge in [-0.3, -0.25) is 9.59 Å². The van der Waals surface area contributed by atoms with Crippen LogP contribution in [-0.2, 0) is 16.0 Å². The lowest BCUT2D eigenvalue weighted by Crippen LogP contribution is -2.52. The molecule has 4 rings (SSSR count). The highest BCUT2D eigenvalue weighted by Gasteiger charge is 2.28. The van der Waals surface area contributed by atoms with Gasteiger partial charge in [-0.15, -0.1) is 0 Å². The zero-order valence-electron chi connectivity index (χ0n) is 15.9. The van der Waals surface area contributed by atoms with Gasteiger partial charge in [0, 0.05) is 30.4 Å². The number of nitrogens with zero attached hydrogens (tertiary/aromatic N) is 1. The van der Waals surface area contributed by atoms with Crippen molar-refractivity contribution in [2.75, 3.05) is 26.3 Å². The van der Waals surface area contributed by atoms with Crippen LogP contribution < -0.4 is 5.32 Å². The number of aromatic nitrogens is 1. The SMILES string of the molecule is O=C(N[C@@H](Cc1ccccc1)C(=O)N1CCOCC1)c1cc2cc(F)ccc2[nH]1. The number of amides is 2. The van der Waals surface area contributed by atoms with Crippen molar-refractivity contribution in [2.24, 2.45) is 0 Å². The number of halogens is 1. The van der Waals surface area contributed by atoms with Crippen LogP contribution >= 0.6 is 0 Å². The quantitative estimate of drug-likeness (QED) is 0.697. The van der Waals surface area contributed by atoms with E-state index >= 15 is 0 Å². The Bertz CT molecular complexity index is 1010. The highest BCUT2D eigenvalue weighted by atomic mass is 19.1. The van der Waals surface area contributed by atoms with Gasteiger partial charge in [0.2, 0.25) is 5.91 Å². The molecule has 1 aromatic heterocycles. The Morgan fingerprint density at radius 2 is 1.86 bits per heavy atom. The van der Waals surface area contributed by atoms with E-state index in [1.54, 1.807) is 17.0 Å². The van der Waals surface area contributed by atoms with Crippen molar-refractivity contribution >= 4 is 22.7 Å². The standard InChI is InChI=1S/C22H22FN3O3/c23-17-6-7-18-16(13-17)14-19(24-18)21(27)25-20(12-15-4-2-1-3-5-15)22(28)26-8-10-29-11-9-26/h1-7,13-14,20,24H,8-12H2,(H,25,27)/t20-/m0/s1. The highest BCUT2D eigenvalue weighted by Crippen LogP contribution is 2.17. The Morgan fingerprint density at radius 1 is 1.10 bits per heavy atom. The Kier molecular flexibility index (Phi) is 5.57. The van der Waals surface area contributed by atoms with E-state index in [9.17, 15) is 14.0 Å². The largest absolute Gasteiger partial charge is 0.378 e. The number of ether oxygens (including phenoxy) is 1. The van der Waals surface area contributed by atoms with Gasteiger partial charge in [0.25, 0.3) is 5.91 Å². The van der Waals surface area contributed by atoms with Crippen molar-refractivity contribution in [3.8, 4) is 0 Å². The maximum atomic E-state index is 13.4. The number of carbonyl (C=O) groups excluding carboxylic acids is 2. The summed E-state index contributed by atoms with van der Waals surface area (Å²) in [4.78, 5) is 30.6. The van der Waals surface area contributed by atoms with E-state index in [4.69, 9.17) is 4.74 Å². The van der Waals surface area contributed by atoms with Gasteiger partial charge in [-0.1, -0.05) is 30.3 Å². The molecule has 1 saturated heterocycles. The number of hydrogen-bond donors (Lipinski definition) is 2. The molecule has 0 bridgehead atoms. The number of carbonyl (C=O) groups is 2. The van der Waals surface area contributed by atoms with Crippen LogP contribution in [0.15, 0.2) is 54.6 Å². The molecule has 2 heterocycles. The molecule has 0 aliphatic carbocycles. The number of benzene rings is 2. The molecule has 0 unspecified atom stereocenters. The van der Waals surface area contributed by atoms with Crippen molar-refractivity contribution in [2.45, 2.75) is 12.5 Å². The molecule has 0 radical (unpaired) electrons. The van der Waals surface area contributed by atoms with Gasteiger partial charge in [0.1, 0.15) is 17.6 Å². The number of nitrogens with one attached hydrogen (secondary N) is 2. The number of hydrogen-bond acceptors (Lipinski definition) is 3. The van der Waals surface area contributed by atoms with Crippen molar-refractivity contribution in [1.82, 2.24) is 15.2 Å². The van der Waals surface area contributed by atoms with Gasteiger partial charge in [-0.05, 0) is 29.8 Å². The predicted molar refractivity (Wildman–Crippen MR) is 107 cm³/mol. The third kappa shape index (κ3) is 4.46. The first-order chi connectivity index (χ1) is 14.1. The van der Waals surface area contributed by atoms with Gasteiger partial charge in [0.05, 0.1) is 13.2 Å². The third-order valence-corrected chi connectivity index (χ3v) is 5.04. The first-order valence-corrected chi connectivity index (χ1v) is 9.60. The second kappa shape index (κ2) is 8.45. The molecule has 3 aromatic rings. The first kappa shape index (κ1) is 19.1. The topological polar surface area (TPSA) is 74.4 Å². The molecule has 6 nitrogen and oxygen atoms in total. The minimum absolute atomic E-state index is 0.132. The summed E-state index contributed by atoms with van der Waals surface area (Å²) in [5.41, 5.74) is 1.91. The van der Waals surface area contributed by atoms with Gasteiger partial charge in [0.15, 0.2) is 0 Å². The molecular weight excluding hydrogens is 373 g/mol. The fourth-order valence-electron chi connectivity index (χ4n) is 3.52. The fourth-order valence-corrected chi connectivity index (χ4v) is 3.52. The van der Waals surface area contributed by atoms with E-state index in [2.05, 4.69) is 10.3 Å². The molecule has 1 aliphatic heterocycles. The van der Waals surface area contributed by atoms with Crippen molar-refractivity contribution in [3.63, 3.8) is 0 Å². The van der Waals surface area contributed by atoms with E-state index in [-0.39, 0.29) is 11.7 Å². The predicted octanol–water partition coefficient (Wildman–Crippen LogP) is 2.51. The van der Waals surface area contributed by atoms with Gasteiger partial charge < -0.3 is 19.9 Å². The lowest BCUT2D eigenvalue weighted by Gasteiger charge is -2.30. The zero-order valence-corrected chi connectivity index (χ0v) is 15.9. The second-order valence-electron chi connectivity index (χ2n) is 7.07. The molecule has 1 aliphatic rings. The minimum Gasteiger partial charge on any atom is -0.378 e. The molecule has 2 N–H and O–H groups in total. The third-order valence-electron chi connectivity index (χ3n) is 5.04. The lowest BCUT2D eigenvalue weighted by atomic mass is 10.0. The summed E-state index contributed by atoms with van der Waals surface area (Å²) in [5.74, 6) is -0.898. The second-order valence-corrected chi connectivity index (χ2v) is 7.07. The van der Waals surface area contributed by atoms with Crippen LogP contribution in [0.5, 0.6) is 0 Å². The van der Waals surface area contributed by atoms with Crippen LogP contribution in [0, 0.1) is 5.82 Å². The van der Waals surface area contributed by atoms with E-state index in [1.807, 2.05) is 30.3 Å². The van der Waals surface area contributed by atoms with Crippen molar-refractivity contribution in [1.29, 1.82) is 0 Å². The van der Waals surface area contributed by atoms with E-state index in [0.29, 0.717) is 49.3 Å². The summed E-state index contributed by atoms with van der Waals surface area (Å²) < 4.78 is 18.8. The number of H-pyrrole nitrogens is 1. The van der Waals surface area contributed by atoms with Crippen LogP contribution in [0.2, 0.25) is 0 Å². The summed E-state index contributed by atoms with van der Waals surface area (Å²) in [6.07, 6.45) is 0.387.